The predicted octanol–water partition coefficient (Wildman–Crippen LogP) is 4.00. The Morgan fingerprint density at radius 2 is 1.60 bits per heavy atom. The molecular formula is C21H28ClIN4O2S. The topological polar surface area (TPSA) is 73.8 Å². The zero-order chi connectivity index (χ0) is 20.7. The second kappa shape index (κ2) is 11.9. The van der Waals surface area contributed by atoms with Crippen LogP contribution in [0.2, 0.25) is 5.02 Å². The molecule has 0 aromatic heterocycles. The zero-order valence-electron chi connectivity index (χ0n) is 17.0. The molecular weight excluding hydrogens is 535 g/mol. The van der Waals surface area contributed by atoms with E-state index in [1.54, 1.807) is 29.6 Å². The Morgan fingerprint density at radius 3 is 2.20 bits per heavy atom. The van der Waals surface area contributed by atoms with Gasteiger partial charge in [-0.1, -0.05) is 42.3 Å². The molecule has 1 saturated heterocycles. The number of benzene rings is 2. The van der Waals surface area contributed by atoms with Gasteiger partial charge in [-0.05, 0) is 48.2 Å². The summed E-state index contributed by atoms with van der Waals surface area (Å²) in [7, 11) is -1.73. The summed E-state index contributed by atoms with van der Waals surface area (Å²) in [6.07, 6.45) is 2.95. The van der Waals surface area contributed by atoms with E-state index in [-0.39, 0.29) is 24.0 Å². The third-order valence-corrected chi connectivity index (χ3v) is 7.01. The lowest BCUT2D eigenvalue weighted by molar-refractivity contribution is 0.346. The van der Waals surface area contributed by atoms with Gasteiger partial charge in [0.2, 0.25) is 10.0 Å². The van der Waals surface area contributed by atoms with Crippen molar-refractivity contribution < 1.29 is 8.42 Å². The Labute approximate surface area is 201 Å². The summed E-state index contributed by atoms with van der Waals surface area (Å²) in [5.74, 6) is 0.634. The molecule has 164 valence electrons. The van der Waals surface area contributed by atoms with Crippen molar-refractivity contribution in [3.05, 3.63) is 64.7 Å². The average molecular weight is 563 g/mol. The minimum Gasteiger partial charge on any atom is -0.352 e. The number of nitrogens with zero attached hydrogens (tertiary/aromatic N) is 2. The molecule has 3 rings (SSSR count). The van der Waals surface area contributed by atoms with Crippen LogP contribution in [0.4, 0.5) is 0 Å². The highest BCUT2D eigenvalue weighted by molar-refractivity contribution is 14.0. The maximum atomic E-state index is 12.9. The summed E-state index contributed by atoms with van der Waals surface area (Å²) in [6, 6.07) is 14.7. The van der Waals surface area contributed by atoms with Crippen molar-refractivity contribution >= 4 is 51.6 Å². The predicted molar refractivity (Wildman–Crippen MR) is 133 cm³/mol. The average Bonchev–Trinajstić information content (AvgIpc) is 2.75. The highest BCUT2D eigenvalue weighted by Gasteiger charge is 2.25. The molecule has 0 amide bonds. The molecule has 1 aliphatic heterocycles. The number of aliphatic imine (C=N–C) groups is 1. The molecule has 2 aromatic carbocycles. The number of sulfonamides is 1. The zero-order valence-corrected chi connectivity index (χ0v) is 20.9. The molecule has 0 saturated carbocycles. The SMILES string of the molecule is CN=C(NCc1cccc(Cl)c1)NCc1cccc(S(=O)(=O)N2CCCCC2)c1.I. The Morgan fingerprint density at radius 1 is 1.00 bits per heavy atom. The van der Waals surface area contributed by atoms with Crippen molar-refractivity contribution in [1.29, 1.82) is 0 Å². The summed E-state index contributed by atoms with van der Waals surface area (Å²) in [5, 5.41) is 7.15. The quantitative estimate of drug-likeness (QED) is 0.317. The molecule has 2 N–H and O–H groups in total. The highest BCUT2D eigenvalue weighted by Crippen LogP contribution is 2.21. The first-order valence-corrected chi connectivity index (χ1v) is 11.6. The summed E-state index contributed by atoms with van der Waals surface area (Å²) in [4.78, 5) is 4.57. The van der Waals surface area contributed by atoms with Crippen molar-refractivity contribution in [3.8, 4) is 0 Å². The third-order valence-electron chi connectivity index (χ3n) is 4.88. The van der Waals surface area contributed by atoms with E-state index in [9.17, 15) is 8.42 Å². The molecule has 0 radical (unpaired) electrons. The van der Waals surface area contributed by atoms with Crippen LogP contribution in [0.5, 0.6) is 0 Å². The van der Waals surface area contributed by atoms with Gasteiger partial charge in [-0.2, -0.15) is 4.31 Å². The number of piperidine rings is 1. The second-order valence-corrected chi connectivity index (χ2v) is 9.40. The molecule has 0 spiro atoms. The summed E-state index contributed by atoms with van der Waals surface area (Å²) in [6.45, 7) is 2.26. The Kier molecular flexibility index (Phi) is 9.86. The Balaban J connectivity index is 0.00000320. The lowest BCUT2D eigenvalue weighted by Crippen LogP contribution is -2.36. The van der Waals surface area contributed by atoms with Crippen molar-refractivity contribution in [2.45, 2.75) is 37.2 Å². The van der Waals surface area contributed by atoms with Gasteiger partial charge in [-0.15, -0.1) is 24.0 Å². The van der Waals surface area contributed by atoms with Crippen LogP contribution in [0.15, 0.2) is 58.4 Å². The maximum Gasteiger partial charge on any atom is 0.243 e. The van der Waals surface area contributed by atoms with Crippen molar-refractivity contribution in [1.82, 2.24) is 14.9 Å². The van der Waals surface area contributed by atoms with E-state index in [2.05, 4.69) is 15.6 Å². The van der Waals surface area contributed by atoms with Gasteiger partial charge < -0.3 is 10.6 Å². The number of guanidine groups is 1. The van der Waals surface area contributed by atoms with E-state index < -0.39 is 10.0 Å². The largest absolute Gasteiger partial charge is 0.352 e. The number of rotatable bonds is 6. The molecule has 1 aliphatic rings. The van der Waals surface area contributed by atoms with E-state index in [1.807, 2.05) is 30.3 Å². The lowest BCUT2D eigenvalue weighted by atomic mass is 10.2. The fraction of sp³-hybridized carbons (Fsp3) is 0.381. The van der Waals surface area contributed by atoms with Gasteiger partial charge in [0.15, 0.2) is 5.96 Å². The van der Waals surface area contributed by atoms with Crippen LogP contribution in [-0.4, -0.2) is 38.8 Å². The highest BCUT2D eigenvalue weighted by atomic mass is 127. The van der Waals surface area contributed by atoms with Gasteiger partial charge in [0.1, 0.15) is 0 Å². The lowest BCUT2D eigenvalue weighted by Gasteiger charge is -2.26. The maximum absolute atomic E-state index is 12.9. The van der Waals surface area contributed by atoms with Gasteiger partial charge in [0.25, 0.3) is 0 Å². The summed E-state index contributed by atoms with van der Waals surface area (Å²) >= 11 is 6.02. The van der Waals surface area contributed by atoms with Gasteiger partial charge in [-0.25, -0.2) is 8.42 Å². The molecule has 0 atom stereocenters. The first-order valence-electron chi connectivity index (χ1n) is 9.77. The van der Waals surface area contributed by atoms with Gasteiger partial charge in [-0.3, -0.25) is 4.99 Å². The fourth-order valence-corrected chi connectivity index (χ4v) is 5.11. The van der Waals surface area contributed by atoms with Gasteiger partial charge >= 0.3 is 0 Å². The molecule has 6 nitrogen and oxygen atoms in total. The third kappa shape index (κ3) is 6.83. The van der Waals surface area contributed by atoms with E-state index in [0.29, 0.717) is 42.1 Å². The monoisotopic (exact) mass is 562 g/mol. The van der Waals surface area contributed by atoms with E-state index in [1.165, 1.54) is 0 Å². The van der Waals surface area contributed by atoms with Crippen LogP contribution in [0.1, 0.15) is 30.4 Å². The van der Waals surface area contributed by atoms with Gasteiger partial charge in [0.05, 0.1) is 4.90 Å². The van der Waals surface area contributed by atoms with E-state index in [0.717, 1.165) is 30.4 Å². The molecule has 30 heavy (non-hydrogen) atoms. The van der Waals surface area contributed by atoms with Crippen molar-refractivity contribution in [2.75, 3.05) is 20.1 Å². The number of hydrogen-bond acceptors (Lipinski definition) is 3. The normalized spacial score (nSPS) is 15.3. The first-order chi connectivity index (χ1) is 14.0. The van der Waals surface area contributed by atoms with Crippen molar-refractivity contribution in [2.24, 2.45) is 4.99 Å². The molecule has 0 bridgehead atoms. The van der Waals surface area contributed by atoms with E-state index in [4.69, 9.17) is 11.6 Å². The molecule has 2 aromatic rings. The standard InChI is InChI=1S/C21H27ClN4O2S.HI/c1-23-21(24-15-17-7-5-9-19(22)13-17)25-16-18-8-6-10-20(14-18)29(27,28)26-11-3-2-4-12-26;/h5-10,13-14H,2-4,11-12,15-16H2,1H3,(H2,23,24,25);1H. The minimum absolute atomic E-state index is 0. The summed E-state index contributed by atoms with van der Waals surface area (Å²) < 4.78 is 27.4. The molecule has 1 fully saturated rings. The first kappa shape index (κ1) is 24.9. The van der Waals surface area contributed by atoms with Crippen LogP contribution in [-0.2, 0) is 23.1 Å². The number of nitrogens with one attached hydrogen (secondary N) is 2. The Bertz CT molecular complexity index is 963. The van der Waals surface area contributed by atoms with Crippen LogP contribution in [0, 0.1) is 0 Å². The molecule has 1 heterocycles. The van der Waals surface area contributed by atoms with Crippen LogP contribution < -0.4 is 10.6 Å². The number of hydrogen-bond donors (Lipinski definition) is 2. The minimum atomic E-state index is -3.43. The molecule has 9 heteroatoms. The van der Waals surface area contributed by atoms with Crippen LogP contribution >= 0.6 is 35.6 Å². The van der Waals surface area contributed by atoms with Crippen LogP contribution in [0.25, 0.3) is 0 Å². The smallest absolute Gasteiger partial charge is 0.243 e. The van der Waals surface area contributed by atoms with Crippen molar-refractivity contribution in [3.63, 3.8) is 0 Å². The van der Waals surface area contributed by atoms with Gasteiger partial charge in [0, 0.05) is 38.2 Å². The fourth-order valence-electron chi connectivity index (χ4n) is 3.31. The second-order valence-electron chi connectivity index (χ2n) is 7.02. The van der Waals surface area contributed by atoms with Crippen LogP contribution in [0.3, 0.4) is 0 Å². The molecule has 0 unspecified atom stereocenters. The Hall–Kier alpha value is -1.36. The molecule has 0 aliphatic carbocycles. The summed E-state index contributed by atoms with van der Waals surface area (Å²) in [5.41, 5.74) is 1.93. The van der Waals surface area contributed by atoms with E-state index >= 15 is 0 Å². The number of halogens is 2.